The van der Waals surface area contributed by atoms with Gasteiger partial charge < -0.3 is 15.1 Å². The van der Waals surface area contributed by atoms with Crippen LogP contribution in [0.15, 0.2) is 0 Å². The summed E-state index contributed by atoms with van der Waals surface area (Å²) in [7, 11) is -4.80. The Morgan fingerprint density at radius 2 is 1.93 bits per heavy atom. The van der Waals surface area contributed by atoms with E-state index in [2.05, 4.69) is 9.60 Å². The van der Waals surface area contributed by atoms with Crippen LogP contribution >= 0.6 is 0 Å². The number of rotatable bonds is 4. The number of carbonyl (C=O) groups is 3. The smallest absolute Gasteiger partial charge is 0.352 e. The average Bonchev–Trinajstić information content (AvgIpc) is 2.71. The second-order valence-electron chi connectivity index (χ2n) is 8.00. The molecule has 0 aromatic heterocycles. The molecule has 150 valence electrons. The Morgan fingerprint density at radius 1 is 1.26 bits per heavy atom. The Kier molecular flexibility index (Phi) is 4.13. The molecular weight excluding hydrogens is 380 g/mol. The minimum atomic E-state index is -4.80. The molecule has 2 N–H and O–H groups in total. The van der Waals surface area contributed by atoms with Gasteiger partial charge in [-0.3, -0.25) is 14.1 Å². The van der Waals surface area contributed by atoms with E-state index < -0.39 is 28.5 Å². The first-order chi connectivity index (χ1) is 12.6. The molecule has 1 aliphatic carbocycles. The van der Waals surface area contributed by atoms with Crippen LogP contribution in [0.25, 0.3) is 0 Å². The van der Waals surface area contributed by atoms with Gasteiger partial charge in [-0.1, -0.05) is 0 Å². The first-order valence-electron chi connectivity index (χ1n) is 8.90. The van der Waals surface area contributed by atoms with Gasteiger partial charge in [0.05, 0.1) is 6.04 Å². The van der Waals surface area contributed by atoms with Crippen molar-refractivity contribution in [1.29, 1.82) is 0 Å². The lowest BCUT2D eigenvalue weighted by Crippen LogP contribution is -2.68. The second-order valence-corrected chi connectivity index (χ2v) is 9.00. The fourth-order valence-electron chi connectivity index (χ4n) is 4.73. The fraction of sp³-hybridized carbons (Fsp3) is 0.800. The van der Waals surface area contributed by atoms with E-state index in [1.165, 1.54) is 4.90 Å². The van der Waals surface area contributed by atoms with Gasteiger partial charge in [0, 0.05) is 38.0 Å². The van der Waals surface area contributed by atoms with Crippen LogP contribution < -0.4 is 5.32 Å². The molecule has 4 fully saturated rings. The number of hydrogen-bond acceptors (Lipinski definition) is 6. The van der Waals surface area contributed by atoms with E-state index in [9.17, 15) is 22.8 Å². The molecule has 12 heteroatoms. The number of hydrogen-bond donors (Lipinski definition) is 2. The first kappa shape index (κ1) is 18.4. The summed E-state index contributed by atoms with van der Waals surface area (Å²) in [5, 5.41) is 3.59. The van der Waals surface area contributed by atoms with Gasteiger partial charge in [0.25, 0.3) is 0 Å². The maximum Gasteiger partial charge on any atom is 0.418 e. The van der Waals surface area contributed by atoms with Crippen LogP contribution in [0.4, 0.5) is 4.79 Å². The zero-order chi connectivity index (χ0) is 19.6. The van der Waals surface area contributed by atoms with Crippen molar-refractivity contribution in [3.05, 3.63) is 0 Å². The summed E-state index contributed by atoms with van der Waals surface area (Å²) in [5.41, 5.74) is 0.116. The number of likely N-dealkylation sites (tertiary alicyclic amines) is 1. The fourth-order valence-corrected chi connectivity index (χ4v) is 5.12. The van der Waals surface area contributed by atoms with E-state index >= 15 is 0 Å². The predicted octanol–water partition coefficient (Wildman–Crippen LogP) is -0.883. The van der Waals surface area contributed by atoms with E-state index in [1.54, 1.807) is 11.8 Å². The SMILES string of the molecule is CC(=O)N1CC2(CC(NC(=O)[C@@H]3CC[C@@H]4CN3C(=O)N4OS(=O)(=O)O)C2)C1. The lowest BCUT2D eigenvalue weighted by atomic mass is 9.60. The highest BCUT2D eigenvalue weighted by atomic mass is 32.3. The second kappa shape index (κ2) is 6.04. The summed E-state index contributed by atoms with van der Waals surface area (Å²) < 4.78 is 35.0. The Bertz CT molecular complexity index is 786. The van der Waals surface area contributed by atoms with Crippen molar-refractivity contribution in [2.45, 2.75) is 50.7 Å². The van der Waals surface area contributed by atoms with Crippen LogP contribution in [0.2, 0.25) is 0 Å². The predicted molar refractivity (Wildman–Crippen MR) is 89.2 cm³/mol. The molecule has 4 rings (SSSR count). The van der Waals surface area contributed by atoms with Crippen molar-refractivity contribution in [2.24, 2.45) is 5.41 Å². The molecule has 3 saturated heterocycles. The number of nitrogens with one attached hydrogen (secondary N) is 1. The number of fused-ring (bicyclic) bond motifs is 2. The summed E-state index contributed by atoms with van der Waals surface area (Å²) >= 11 is 0. The highest BCUT2D eigenvalue weighted by molar-refractivity contribution is 7.80. The molecule has 0 aromatic rings. The standard InChI is InChI=1S/C15H22N4O7S/c1-9(20)17-7-15(8-17)4-10(5-15)16-13(21)12-3-2-11-6-18(12)14(22)19(11)26-27(23,24)25/h10-12H,2-8H2,1H3,(H,16,21)(H,23,24,25)/t11-,12+/m1/s1. The number of hydroxylamine groups is 2. The van der Waals surface area contributed by atoms with Gasteiger partial charge in [-0.2, -0.15) is 13.5 Å². The highest BCUT2D eigenvalue weighted by Crippen LogP contribution is 2.48. The van der Waals surface area contributed by atoms with Crippen molar-refractivity contribution in [2.75, 3.05) is 19.6 Å². The van der Waals surface area contributed by atoms with E-state index in [4.69, 9.17) is 4.55 Å². The van der Waals surface area contributed by atoms with Crippen LogP contribution in [0.3, 0.4) is 0 Å². The van der Waals surface area contributed by atoms with Crippen molar-refractivity contribution in [3.8, 4) is 0 Å². The van der Waals surface area contributed by atoms with Gasteiger partial charge in [0.1, 0.15) is 6.04 Å². The number of amides is 4. The molecule has 11 nitrogen and oxygen atoms in total. The van der Waals surface area contributed by atoms with Crippen LogP contribution in [-0.2, 0) is 24.3 Å². The van der Waals surface area contributed by atoms with Gasteiger partial charge in [0.15, 0.2) is 0 Å². The lowest BCUT2D eigenvalue weighted by Gasteiger charge is -2.59. The molecule has 0 aromatic carbocycles. The molecule has 0 unspecified atom stereocenters. The molecule has 1 spiro atoms. The number of carbonyl (C=O) groups excluding carboxylic acids is 3. The Hall–Kier alpha value is -1.92. The Labute approximate surface area is 156 Å². The minimum Gasteiger partial charge on any atom is -0.352 e. The van der Waals surface area contributed by atoms with Gasteiger partial charge in [-0.05, 0) is 25.7 Å². The maximum atomic E-state index is 12.6. The third-order valence-electron chi connectivity index (χ3n) is 6.00. The Morgan fingerprint density at radius 3 is 2.52 bits per heavy atom. The number of piperidine rings is 1. The van der Waals surface area contributed by atoms with Gasteiger partial charge in [-0.15, -0.1) is 4.28 Å². The topological polar surface area (TPSA) is 137 Å². The monoisotopic (exact) mass is 402 g/mol. The molecule has 3 heterocycles. The van der Waals surface area contributed by atoms with E-state index in [1.807, 2.05) is 0 Å². The van der Waals surface area contributed by atoms with E-state index in [0.717, 1.165) is 25.9 Å². The largest absolute Gasteiger partial charge is 0.418 e. The molecule has 4 amide bonds. The third-order valence-corrected chi connectivity index (χ3v) is 6.35. The first-order valence-corrected chi connectivity index (χ1v) is 10.3. The van der Waals surface area contributed by atoms with Crippen molar-refractivity contribution in [1.82, 2.24) is 20.2 Å². The molecule has 1 saturated carbocycles. The van der Waals surface area contributed by atoms with Crippen molar-refractivity contribution in [3.63, 3.8) is 0 Å². The average molecular weight is 402 g/mol. The zero-order valence-electron chi connectivity index (χ0n) is 14.8. The summed E-state index contributed by atoms with van der Waals surface area (Å²) in [5.74, 6) is -0.202. The summed E-state index contributed by atoms with van der Waals surface area (Å²) in [6, 6.07) is -1.91. The zero-order valence-corrected chi connectivity index (χ0v) is 15.6. The van der Waals surface area contributed by atoms with Crippen LogP contribution in [0, 0.1) is 5.41 Å². The molecule has 2 bridgehead atoms. The minimum absolute atomic E-state index is 0.0206. The van der Waals surface area contributed by atoms with Gasteiger partial charge >= 0.3 is 16.4 Å². The van der Waals surface area contributed by atoms with Crippen LogP contribution in [0.5, 0.6) is 0 Å². The third kappa shape index (κ3) is 3.25. The quantitative estimate of drug-likeness (QED) is 0.583. The summed E-state index contributed by atoms with van der Waals surface area (Å²) in [6.07, 6.45) is 2.41. The normalized spacial score (nSPS) is 29.6. The molecular formula is C15H22N4O7S. The van der Waals surface area contributed by atoms with Crippen LogP contribution in [-0.4, -0.2) is 83.4 Å². The molecule has 3 aliphatic heterocycles. The molecule has 2 atom stereocenters. The lowest BCUT2D eigenvalue weighted by molar-refractivity contribution is -0.151. The number of urea groups is 1. The summed E-state index contributed by atoms with van der Waals surface area (Å²) in [6.45, 7) is 3.18. The van der Waals surface area contributed by atoms with Crippen molar-refractivity contribution < 1.29 is 31.6 Å². The van der Waals surface area contributed by atoms with Gasteiger partial charge in [-0.25, -0.2) is 4.79 Å². The van der Waals surface area contributed by atoms with E-state index in [0.29, 0.717) is 17.9 Å². The van der Waals surface area contributed by atoms with Gasteiger partial charge in [0.2, 0.25) is 11.8 Å². The highest BCUT2D eigenvalue weighted by Gasteiger charge is 2.54. The Balaban J connectivity index is 1.31. The summed E-state index contributed by atoms with van der Waals surface area (Å²) in [4.78, 5) is 39.3. The van der Waals surface area contributed by atoms with Crippen LogP contribution in [0.1, 0.15) is 32.6 Å². The van der Waals surface area contributed by atoms with E-state index in [-0.39, 0.29) is 29.8 Å². The molecule has 27 heavy (non-hydrogen) atoms. The molecule has 0 radical (unpaired) electrons. The van der Waals surface area contributed by atoms with Crippen molar-refractivity contribution >= 4 is 28.2 Å². The number of nitrogens with zero attached hydrogens (tertiary/aromatic N) is 3. The maximum absolute atomic E-state index is 12.6. The molecule has 4 aliphatic rings.